The first-order valence-electron chi connectivity index (χ1n) is 11.0. The number of para-hydroxylation sites is 3. The molecule has 1 amide bonds. The number of carbonyl (C=O) groups excluding carboxylic acids is 1. The highest BCUT2D eigenvalue weighted by molar-refractivity contribution is 7.99. The number of benzene rings is 2. The second kappa shape index (κ2) is 11.3. The van der Waals surface area contributed by atoms with Gasteiger partial charge in [-0.1, -0.05) is 67.3 Å². The minimum absolute atomic E-state index is 0.142. The standard InChI is InChI=1S/C24H26N6O3S2/c1-15(2)22-27-28-23(35-22)25-20(31)14-34-24-29-26-21(30(24)17-10-6-5-7-11-17)16(3)33-19-13-9-8-12-18(19)32-4/h5-13,15-16H,14H2,1-4H3,(H,25,28,31). The number of thioether (sulfide) groups is 1. The van der Waals surface area contributed by atoms with Crippen molar-refractivity contribution in [3.05, 3.63) is 65.4 Å². The fourth-order valence-corrected chi connectivity index (χ4v) is 4.74. The third-order valence-corrected chi connectivity index (χ3v) is 6.99. The van der Waals surface area contributed by atoms with Gasteiger partial charge in [0.2, 0.25) is 11.0 Å². The van der Waals surface area contributed by atoms with Crippen molar-refractivity contribution in [3.63, 3.8) is 0 Å². The fourth-order valence-electron chi connectivity index (χ4n) is 3.22. The van der Waals surface area contributed by atoms with E-state index in [0.717, 1.165) is 10.7 Å². The lowest BCUT2D eigenvalue weighted by atomic mass is 10.2. The number of hydrogen-bond donors (Lipinski definition) is 1. The molecule has 0 aliphatic heterocycles. The summed E-state index contributed by atoms with van der Waals surface area (Å²) in [5, 5.41) is 21.7. The fraction of sp³-hybridized carbons (Fsp3) is 0.292. The van der Waals surface area contributed by atoms with Crippen LogP contribution >= 0.6 is 23.1 Å². The Morgan fingerprint density at radius 3 is 2.40 bits per heavy atom. The van der Waals surface area contributed by atoms with E-state index < -0.39 is 6.10 Å². The van der Waals surface area contributed by atoms with Gasteiger partial charge in [-0.2, -0.15) is 0 Å². The van der Waals surface area contributed by atoms with Crippen LogP contribution in [0.1, 0.15) is 43.6 Å². The monoisotopic (exact) mass is 510 g/mol. The first kappa shape index (κ1) is 24.7. The average molecular weight is 511 g/mol. The number of anilines is 1. The molecule has 0 saturated heterocycles. The molecule has 0 saturated carbocycles. The van der Waals surface area contributed by atoms with Gasteiger partial charge >= 0.3 is 0 Å². The molecule has 2 aromatic carbocycles. The van der Waals surface area contributed by atoms with Crippen LogP contribution in [0.5, 0.6) is 11.5 Å². The molecule has 0 aliphatic rings. The van der Waals surface area contributed by atoms with Gasteiger partial charge in [0.05, 0.1) is 12.9 Å². The van der Waals surface area contributed by atoms with Crippen LogP contribution in [0.2, 0.25) is 0 Å². The lowest BCUT2D eigenvalue weighted by Gasteiger charge is -2.18. The van der Waals surface area contributed by atoms with Crippen molar-refractivity contribution in [1.29, 1.82) is 0 Å². The third kappa shape index (κ3) is 5.98. The van der Waals surface area contributed by atoms with E-state index in [4.69, 9.17) is 9.47 Å². The van der Waals surface area contributed by atoms with Crippen molar-refractivity contribution in [3.8, 4) is 17.2 Å². The topological polar surface area (TPSA) is 104 Å². The van der Waals surface area contributed by atoms with Gasteiger partial charge in [-0.25, -0.2) is 0 Å². The summed E-state index contributed by atoms with van der Waals surface area (Å²) in [5.74, 6) is 2.06. The number of nitrogens with one attached hydrogen (secondary N) is 1. The Kier molecular flexibility index (Phi) is 7.98. The molecule has 0 spiro atoms. The maximum absolute atomic E-state index is 12.6. The van der Waals surface area contributed by atoms with E-state index in [1.54, 1.807) is 7.11 Å². The zero-order valence-electron chi connectivity index (χ0n) is 19.8. The predicted molar refractivity (Wildman–Crippen MR) is 137 cm³/mol. The average Bonchev–Trinajstić information content (AvgIpc) is 3.51. The zero-order valence-corrected chi connectivity index (χ0v) is 21.5. The Hall–Kier alpha value is -3.44. The van der Waals surface area contributed by atoms with Crippen LogP contribution in [0.15, 0.2) is 59.8 Å². The molecule has 0 aliphatic carbocycles. The number of methoxy groups -OCH3 is 1. The van der Waals surface area contributed by atoms with Crippen LogP contribution in [0.4, 0.5) is 5.13 Å². The van der Waals surface area contributed by atoms with Gasteiger partial charge in [-0.05, 0) is 31.2 Å². The molecule has 0 fully saturated rings. The van der Waals surface area contributed by atoms with Gasteiger partial charge in [-0.15, -0.1) is 20.4 Å². The number of nitrogens with zero attached hydrogens (tertiary/aromatic N) is 5. The summed E-state index contributed by atoms with van der Waals surface area (Å²) in [7, 11) is 1.60. The number of carbonyl (C=O) groups is 1. The quantitative estimate of drug-likeness (QED) is 0.293. The van der Waals surface area contributed by atoms with Gasteiger partial charge in [0.1, 0.15) is 5.01 Å². The molecule has 11 heteroatoms. The van der Waals surface area contributed by atoms with E-state index in [9.17, 15) is 4.79 Å². The smallest absolute Gasteiger partial charge is 0.236 e. The maximum atomic E-state index is 12.6. The number of amides is 1. The minimum atomic E-state index is -0.432. The number of hydrogen-bond acceptors (Lipinski definition) is 9. The number of rotatable bonds is 10. The molecule has 0 bridgehead atoms. The zero-order chi connectivity index (χ0) is 24.8. The van der Waals surface area contributed by atoms with Crippen LogP contribution in [0, 0.1) is 0 Å². The lowest BCUT2D eigenvalue weighted by molar-refractivity contribution is -0.113. The summed E-state index contributed by atoms with van der Waals surface area (Å²) in [5.41, 5.74) is 0.872. The van der Waals surface area contributed by atoms with Crippen molar-refractivity contribution in [2.75, 3.05) is 18.2 Å². The van der Waals surface area contributed by atoms with Gasteiger partial charge < -0.3 is 9.47 Å². The number of ether oxygens (including phenoxy) is 2. The van der Waals surface area contributed by atoms with E-state index in [2.05, 4.69) is 25.7 Å². The molecule has 4 aromatic rings. The first-order chi connectivity index (χ1) is 17.0. The summed E-state index contributed by atoms with van der Waals surface area (Å²) in [6.07, 6.45) is -0.432. The van der Waals surface area contributed by atoms with Crippen LogP contribution in [0.25, 0.3) is 5.69 Å². The van der Waals surface area contributed by atoms with Gasteiger partial charge in [0.15, 0.2) is 28.6 Å². The maximum Gasteiger partial charge on any atom is 0.236 e. The molecule has 1 N–H and O–H groups in total. The third-order valence-electron chi connectivity index (χ3n) is 4.92. The van der Waals surface area contributed by atoms with Gasteiger partial charge in [0.25, 0.3) is 0 Å². The van der Waals surface area contributed by atoms with E-state index in [1.807, 2.05) is 79.9 Å². The second-order valence-corrected chi connectivity index (χ2v) is 9.81. The first-order valence-corrected chi connectivity index (χ1v) is 12.8. The SMILES string of the molecule is COc1ccccc1OC(C)c1nnc(SCC(=O)Nc2nnc(C(C)C)s2)n1-c1ccccc1. The Morgan fingerprint density at radius 2 is 1.71 bits per heavy atom. The summed E-state index contributed by atoms with van der Waals surface area (Å²) < 4.78 is 13.5. The molecule has 1 atom stereocenters. The highest BCUT2D eigenvalue weighted by atomic mass is 32.2. The lowest BCUT2D eigenvalue weighted by Crippen LogP contribution is -2.15. The van der Waals surface area contributed by atoms with Crippen LogP contribution in [-0.4, -0.2) is 43.7 Å². The highest BCUT2D eigenvalue weighted by Crippen LogP contribution is 2.32. The minimum Gasteiger partial charge on any atom is -0.493 e. The summed E-state index contributed by atoms with van der Waals surface area (Å²) in [6, 6.07) is 17.2. The Labute approximate surface area is 211 Å². The molecule has 182 valence electrons. The predicted octanol–water partition coefficient (Wildman–Crippen LogP) is 5.12. The molecule has 4 rings (SSSR count). The van der Waals surface area contributed by atoms with Gasteiger partial charge in [0, 0.05) is 11.6 Å². The van der Waals surface area contributed by atoms with Gasteiger partial charge in [-0.3, -0.25) is 14.7 Å². The van der Waals surface area contributed by atoms with Crippen molar-refractivity contribution in [2.45, 2.75) is 37.9 Å². The molecule has 9 nitrogen and oxygen atoms in total. The second-order valence-electron chi connectivity index (χ2n) is 7.86. The number of aromatic nitrogens is 5. The van der Waals surface area contributed by atoms with E-state index >= 15 is 0 Å². The Bertz CT molecular complexity index is 1280. The largest absolute Gasteiger partial charge is 0.493 e. The molecular formula is C24H26N6O3S2. The van der Waals surface area contributed by atoms with Crippen LogP contribution in [-0.2, 0) is 4.79 Å². The van der Waals surface area contributed by atoms with E-state index in [0.29, 0.717) is 27.6 Å². The molecule has 0 radical (unpaired) electrons. The van der Waals surface area contributed by atoms with Crippen molar-refractivity contribution < 1.29 is 14.3 Å². The molecular weight excluding hydrogens is 484 g/mol. The van der Waals surface area contributed by atoms with Crippen molar-refractivity contribution >= 4 is 34.1 Å². The summed E-state index contributed by atoms with van der Waals surface area (Å²) >= 11 is 2.67. The molecule has 35 heavy (non-hydrogen) atoms. The highest BCUT2D eigenvalue weighted by Gasteiger charge is 2.22. The molecule has 2 aromatic heterocycles. The van der Waals surface area contributed by atoms with Crippen molar-refractivity contribution in [1.82, 2.24) is 25.0 Å². The van der Waals surface area contributed by atoms with E-state index in [-0.39, 0.29) is 17.6 Å². The Morgan fingerprint density at radius 1 is 1.00 bits per heavy atom. The summed E-state index contributed by atoms with van der Waals surface area (Å²) in [4.78, 5) is 12.6. The van der Waals surface area contributed by atoms with Crippen LogP contribution < -0.4 is 14.8 Å². The normalized spacial score (nSPS) is 11.9. The van der Waals surface area contributed by atoms with E-state index in [1.165, 1.54) is 23.1 Å². The summed E-state index contributed by atoms with van der Waals surface area (Å²) in [6.45, 7) is 5.97. The molecule has 1 unspecified atom stereocenters. The van der Waals surface area contributed by atoms with Crippen LogP contribution in [0.3, 0.4) is 0 Å². The molecule has 2 heterocycles. The Balaban J connectivity index is 1.53. The van der Waals surface area contributed by atoms with Crippen molar-refractivity contribution in [2.24, 2.45) is 0 Å².